The number of guanidine groups is 1. The second-order valence-electron chi connectivity index (χ2n) is 6.20. The summed E-state index contributed by atoms with van der Waals surface area (Å²) in [7, 11) is -1.89. The van der Waals surface area contributed by atoms with Crippen LogP contribution in [0.2, 0.25) is 0 Å². The van der Waals surface area contributed by atoms with Gasteiger partial charge >= 0.3 is 0 Å². The molecule has 0 saturated carbocycles. The molecule has 0 radical (unpaired) electrons. The molecule has 0 spiro atoms. The molecule has 1 heterocycles. The van der Waals surface area contributed by atoms with Crippen molar-refractivity contribution in [2.24, 2.45) is 10.1 Å². The van der Waals surface area contributed by atoms with Gasteiger partial charge in [-0.1, -0.05) is 12.1 Å². The molecule has 1 atom stereocenters. The Labute approximate surface area is 182 Å². The van der Waals surface area contributed by atoms with Gasteiger partial charge in [-0.25, -0.2) is 13.6 Å². The Hall–Kier alpha value is -1.17. The van der Waals surface area contributed by atoms with E-state index < -0.39 is 10.0 Å². The van der Waals surface area contributed by atoms with Crippen LogP contribution >= 0.6 is 35.3 Å². The Morgan fingerprint density at radius 3 is 2.41 bits per heavy atom. The molecular formula is C18H27IN4O2S2. The molecule has 150 valence electrons. The highest BCUT2D eigenvalue weighted by Gasteiger charge is 2.09. The maximum atomic E-state index is 11.3. The fourth-order valence-corrected chi connectivity index (χ4v) is 4.08. The highest BCUT2D eigenvalue weighted by Crippen LogP contribution is 2.16. The van der Waals surface area contributed by atoms with Crippen LogP contribution in [0.25, 0.3) is 0 Å². The molecule has 1 aromatic heterocycles. The van der Waals surface area contributed by atoms with Gasteiger partial charge in [-0.3, -0.25) is 4.99 Å². The Morgan fingerprint density at radius 2 is 1.89 bits per heavy atom. The number of hydrogen-bond acceptors (Lipinski definition) is 4. The number of rotatable bonds is 7. The Morgan fingerprint density at radius 1 is 1.22 bits per heavy atom. The van der Waals surface area contributed by atoms with Crippen molar-refractivity contribution in [3.05, 3.63) is 51.7 Å². The summed E-state index contributed by atoms with van der Waals surface area (Å²) >= 11 is 1.82. The van der Waals surface area contributed by atoms with Crippen molar-refractivity contribution in [2.75, 3.05) is 13.6 Å². The van der Waals surface area contributed by atoms with Crippen molar-refractivity contribution in [2.45, 2.75) is 37.6 Å². The van der Waals surface area contributed by atoms with E-state index in [1.54, 1.807) is 19.2 Å². The molecule has 1 unspecified atom stereocenters. The van der Waals surface area contributed by atoms with E-state index in [9.17, 15) is 8.42 Å². The summed E-state index contributed by atoms with van der Waals surface area (Å²) < 4.78 is 22.5. The first-order valence-electron chi connectivity index (χ1n) is 8.42. The number of nitrogens with one attached hydrogen (secondary N) is 2. The van der Waals surface area contributed by atoms with Crippen LogP contribution in [-0.4, -0.2) is 34.0 Å². The van der Waals surface area contributed by atoms with E-state index in [2.05, 4.69) is 41.6 Å². The molecule has 0 fully saturated rings. The fraction of sp³-hybridized carbons (Fsp3) is 0.389. The van der Waals surface area contributed by atoms with Crippen molar-refractivity contribution in [3.8, 4) is 0 Å². The first-order chi connectivity index (χ1) is 12.3. The lowest BCUT2D eigenvalue weighted by Gasteiger charge is -2.17. The second kappa shape index (κ2) is 11.0. The average Bonchev–Trinajstić information content (AvgIpc) is 2.98. The summed E-state index contributed by atoms with van der Waals surface area (Å²) in [5.74, 6) is 0.756. The van der Waals surface area contributed by atoms with E-state index >= 15 is 0 Å². The number of nitrogens with two attached hydrogens (primary N) is 1. The van der Waals surface area contributed by atoms with Crippen molar-refractivity contribution < 1.29 is 8.42 Å². The molecule has 2 aromatic rings. The van der Waals surface area contributed by atoms with Gasteiger partial charge in [-0.15, -0.1) is 35.3 Å². The van der Waals surface area contributed by atoms with Gasteiger partial charge < -0.3 is 10.6 Å². The van der Waals surface area contributed by atoms with Gasteiger partial charge in [0.15, 0.2) is 5.96 Å². The van der Waals surface area contributed by atoms with E-state index in [4.69, 9.17) is 5.14 Å². The third-order valence-electron chi connectivity index (χ3n) is 3.87. The van der Waals surface area contributed by atoms with E-state index in [1.165, 1.54) is 21.9 Å². The summed E-state index contributed by atoms with van der Waals surface area (Å²) in [6.07, 6.45) is 1.71. The first kappa shape index (κ1) is 23.9. The zero-order chi connectivity index (χ0) is 19.2. The van der Waals surface area contributed by atoms with Gasteiger partial charge in [-0.2, -0.15) is 0 Å². The number of aryl methyl sites for hydroxylation is 1. The number of primary sulfonamides is 1. The third-order valence-corrected chi connectivity index (χ3v) is 5.82. The molecule has 0 amide bonds. The highest BCUT2D eigenvalue weighted by molar-refractivity contribution is 14.0. The summed E-state index contributed by atoms with van der Waals surface area (Å²) in [6, 6.07) is 11.2. The number of aliphatic imine (C=N–C) groups is 1. The van der Waals surface area contributed by atoms with E-state index in [-0.39, 0.29) is 34.9 Å². The zero-order valence-electron chi connectivity index (χ0n) is 15.7. The van der Waals surface area contributed by atoms with Gasteiger partial charge in [-0.05, 0) is 50.1 Å². The molecule has 1 aromatic carbocycles. The van der Waals surface area contributed by atoms with Crippen LogP contribution in [0.15, 0.2) is 46.3 Å². The van der Waals surface area contributed by atoms with Crippen LogP contribution in [0.4, 0.5) is 0 Å². The fourth-order valence-electron chi connectivity index (χ4n) is 2.55. The summed E-state index contributed by atoms with van der Waals surface area (Å²) in [4.78, 5) is 7.06. The van der Waals surface area contributed by atoms with Crippen LogP contribution in [-0.2, 0) is 22.9 Å². The molecule has 27 heavy (non-hydrogen) atoms. The normalized spacial score (nSPS) is 13.0. The van der Waals surface area contributed by atoms with Crippen molar-refractivity contribution in [1.29, 1.82) is 0 Å². The molecule has 0 bridgehead atoms. The van der Waals surface area contributed by atoms with Gasteiger partial charge in [0.05, 0.1) is 4.90 Å². The standard InChI is InChI=1S/C18H26N4O2S2.HI/c1-13(12-16-7-4-14(2)25-16)22-18(20-3)21-11-10-15-5-8-17(9-6-15)26(19,23)24;/h4-9,13H,10-12H2,1-3H3,(H2,19,23,24)(H2,20,21,22);1H. The van der Waals surface area contributed by atoms with Crippen LogP contribution in [0.3, 0.4) is 0 Å². The number of benzene rings is 1. The van der Waals surface area contributed by atoms with Crippen LogP contribution in [0.1, 0.15) is 22.2 Å². The predicted octanol–water partition coefficient (Wildman–Crippen LogP) is 2.66. The Bertz CT molecular complexity index is 849. The monoisotopic (exact) mass is 522 g/mol. The van der Waals surface area contributed by atoms with Crippen LogP contribution in [0.5, 0.6) is 0 Å². The van der Waals surface area contributed by atoms with E-state index in [0.29, 0.717) is 6.54 Å². The molecule has 0 aliphatic heterocycles. The molecule has 2 rings (SSSR count). The predicted molar refractivity (Wildman–Crippen MR) is 124 cm³/mol. The number of halogens is 1. The number of sulfonamides is 1. The van der Waals surface area contributed by atoms with Gasteiger partial charge in [0.1, 0.15) is 0 Å². The lowest BCUT2D eigenvalue weighted by atomic mass is 10.1. The highest BCUT2D eigenvalue weighted by atomic mass is 127. The topological polar surface area (TPSA) is 96.6 Å². The Balaban J connectivity index is 0.00000364. The van der Waals surface area contributed by atoms with E-state index in [0.717, 1.165) is 24.4 Å². The quantitative estimate of drug-likeness (QED) is 0.296. The molecule has 9 heteroatoms. The molecular weight excluding hydrogens is 495 g/mol. The minimum absolute atomic E-state index is 0. The summed E-state index contributed by atoms with van der Waals surface area (Å²) in [5.41, 5.74) is 1.03. The minimum atomic E-state index is -3.64. The number of hydrogen-bond donors (Lipinski definition) is 3. The molecule has 0 saturated heterocycles. The molecule has 0 aliphatic rings. The first-order valence-corrected chi connectivity index (χ1v) is 10.8. The van der Waals surface area contributed by atoms with Gasteiger partial charge in [0.25, 0.3) is 0 Å². The molecule has 4 N–H and O–H groups in total. The van der Waals surface area contributed by atoms with Crippen molar-refractivity contribution in [3.63, 3.8) is 0 Å². The second-order valence-corrected chi connectivity index (χ2v) is 9.13. The lowest BCUT2D eigenvalue weighted by molar-refractivity contribution is 0.598. The van der Waals surface area contributed by atoms with Crippen LogP contribution < -0.4 is 15.8 Å². The minimum Gasteiger partial charge on any atom is -0.356 e. The maximum Gasteiger partial charge on any atom is 0.238 e. The SMILES string of the molecule is CN=C(NCCc1ccc(S(N)(=O)=O)cc1)NC(C)Cc1ccc(C)s1.I. The largest absolute Gasteiger partial charge is 0.356 e. The van der Waals surface area contributed by atoms with Gasteiger partial charge in [0.2, 0.25) is 10.0 Å². The number of nitrogens with zero attached hydrogens (tertiary/aromatic N) is 1. The number of thiophene rings is 1. The maximum absolute atomic E-state index is 11.3. The zero-order valence-corrected chi connectivity index (χ0v) is 19.7. The Kier molecular flexibility index (Phi) is 9.71. The molecule has 0 aliphatic carbocycles. The average molecular weight is 522 g/mol. The van der Waals surface area contributed by atoms with Gasteiger partial charge in [0, 0.05) is 35.8 Å². The summed E-state index contributed by atoms with van der Waals surface area (Å²) in [5, 5.41) is 11.8. The van der Waals surface area contributed by atoms with E-state index in [1.807, 2.05) is 11.3 Å². The van der Waals surface area contributed by atoms with Crippen molar-refractivity contribution >= 4 is 51.3 Å². The summed E-state index contributed by atoms with van der Waals surface area (Å²) in [6.45, 7) is 4.94. The van der Waals surface area contributed by atoms with Crippen LogP contribution in [0, 0.1) is 6.92 Å². The third kappa shape index (κ3) is 8.16. The lowest BCUT2D eigenvalue weighted by Crippen LogP contribution is -2.43. The smallest absolute Gasteiger partial charge is 0.238 e. The molecule has 6 nitrogen and oxygen atoms in total. The van der Waals surface area contributed by atoms with Crippen molar-refractivity contribution in [1.82, 2.24) is 10.6 Å².